The van der Waals surface area contributed by atoms with E-state index in [9.17, 15) is 0 Å². The lowest BCUT2D eigenvalue weighted by Gasteiger charge is -2.64. The third-order valence-electron chi connectivity index (χ3n) is 5.65. The first-order chi connectivity index (χ1) is 7.98. The van der Waals surface area contributed by atoms with E-state index in [4.69, 9.17) is 15.0 Å². The maximum Gasteiger partial charge on any atom is 0.457 e. The topological polar surface area (TPSA) is 44.5 Å². The minimum atomic E-state index is -0.0441. The Morgan fingerprint density at radius 3 is 2.71 bits per heavy atom. The molecular weight excluding hydrogens is 213 g/mol. The zero-order valence-electron chi connectivity index (χ0n) is 11.2. The lowest BCUT2D eigenvalue weighted by molar-refractivity contribution is -0.199. The molecule has 4 heteroatoms. The summed E-state index contributed by atoms with van der Waals surface area (Å²) in [6.45, 7) is 7.78. The van der Waals surface area contributed by atoms with Crippen LogP contribution in [0.2, 0.25) is 6.32 Å². The van der Waals surface area contributed by atoms with Crippen molar-refractivity contribution in [2.24, 2.45) is 23.0 Å². The van der Waals surface area contributed by atoms with Crippen LogP contribution in [0.5, 0.6) is 0 Å². The molecule has 3 saturated carbocycles. The predicted octanol–water partition coefficient (Wildman–Crippen LogP) is 2.06. The molecule has 4 atom stereocenters. The summed E-state index contributed by atoms with van der Waals surface area (Å²) >= 11 is 0. The summed E-state index contributed by atoms with van der Waals surface area (Å²) in [5.41, 5.74) is 5.95. The van der Waals surface area contributed by atoms with Gasteiger partial charge in [0, 0.05) is 0 Å². The van der Waals surface area contributed by atoms with Gasteiger partial charge in [-0.3, -0.25) is 0 Å². The van der Waals surface area contributed by atoms with E-state index in [2.05, 4.69) is 20.8 Å². The molecule has 0 spiro atoms. The first-order valence-electron chi connectivity index (χ1n) is 7.02. The molecule has 0 radical (unpaired) electrons. The van der Waals surface area contributed by atoms with Crippen LogP contribution < -0.4 is 5.73 Å². The van der Waals surface area contributed by atoms with E-state index in [1.165, 1.54) is 12.8 Å². The summed E-state index contributed by atoms with van der Waals surface area (Å²) in [6, 6.07) is 0. The van der Waals surface area contributed by atoms with Gasteiger partial charge in [0.2, 0.25) is 0 Å². The van der Waals surface area contributed by atoms with Crippen molar-refractivity contribution in [2.75, 3.05) is 6.54 Å². The Balaban J connectivity index is 1.73. The average molecular weight is 237 g/mol. The lowest BCUT2D eigenvalue weighted by atomic mass is 9.43. The highest BCUT2D eigenvalue weighted by Crippen LogP contribution is 2.65. The second kappa shape index (κ2) is 3.72. The zero-order valence-corrected chi connectivity index (χ0v) is 11.2. The molecule has 1 aliphatic heterocycles. The van der Waals surface area contributed by atoms with E-state index >= 15 is 0 Å². The van der Waals surface area contributed by atoms with Gasteiger partial charge in [-0.05, 0) is 56.3 Å². The van der Waals surface area contributed by atoms with Crippen LogP contribution in [-0.2, 0) is 9.31 Å². The maximum atomic E-state index is 6.26. The molecule has 1 saturated heterocycles. The number of hydrogen-bond donors (Lipinski definition) is 1. The van der Waals surface area contributed by atoms with E-state index in [1.54, 1.807) is 0 Å². The Bertz CT molecular complexity index is 323. The van der Waals surface area contributed by atoms with Crippen molar-refractivity contribution in [3.8, 4) is 0 Å². The first-order valence-corrected chi connectivity index (χ1v) is 7.02. The van der Waals surface area contributed by atoms with Gasteiger partial charge in [0.25, 0.3) is 0 Å². The Hall–Kier alpha value is -0.0551. The van der Waals surface area contributed by atoms with Crippen molar-refractivity contribution >= 4 is 7.12 Å². The molecule has 4 aliphatic rings. The van der Waals surface area contributed by atoms with Crippen LogP contribution in [0, 0.1) is 17.3 Å². The van der Waals surface area contributed by atoms with Crippen molar-refractivity contribution in [2.45, 2.75) is 58.1 Å². The summed E-state index contributed by atoms with van der Waals surface area (Å²) in [7, 11) is -0.0105. The van der Waals surface area contributed by atoms with Crippen LogP contribution in [0.1, 0.15) is 40.0 Å². The highest BCUT2D eigenvalue weighted by Gasteiger charge is 2.67. The van der Waals surface area contributed by atoms with Gasteiger partial charge < -0.3 is 15.0 Å². The second-order valence-electron chi connectivity index (χ2n) is 6.83. The van der Waals surface area contributed by atoms with E-state index < -0.39 is 0 Å². The van der Waals surface area contributed by atoms with Crippen molar-refractivity contribution in [1.29, 1.82) is 0 Å². The van der Waals surface area contributed by atoms with Crippen molar-refractivity contribution < 1.29 is 9.31 Å². The molecule has 17 heavy (non-hydrogen) atoms. The van der Waals surface area contributed by atoms with Crippen LogP contribution in [0.15, 0.2) is 0 Å². The standard InChI is InChI=1S/C13H24BNO2/c1-12(2)9-7-10(12)13(3)11(8-9)16-14(17-13)5-4-6-15/h9-11H,4-8,15H2,1-3H3/t9-,10-,11+,13-/m0/s1. The maximum absolute atomic E-state index is 6.26. The Morgan fingerprint density at radius 2 is 2.06 bits per heavy atom. The summed E-state index contributed by atoms with van der Waals surface area (Å²) < 4.78 is 12.3. The van der Waals surface area contributed by atoms with E-state index in [-0.39, 0.29) is 12.7 Å². The smallest absolute Gasteiger partial charge is 0.405 e. The molecule has 0 aromatic carbocycles. The van der Waals surface area contributed by atoms with E-state index in [0.29, 0.717) is 17.4 Å². The molecule has 2 N–H and O–H groups in total. The van der Waals surface area contributed by atoms with Gasteiger partial charge in [0.05, 0.1) is 11.7 Å². The van der Waals surface area contributed by atoms with Gasteiger partial charge in [-0.15, -0.1) is 0 Å². The molecule has 0 amide bonds. The molecule has 0 unspecified atom stereocenters. The zero-order chi connectivity index (χ0) is 12.3. The average Bonchev–Trinajstić information content (AvgIpc) is 2.61. The second-order valence-corrected chi connectivity index (χ2v) is 6.83. The summed E-state index contributed by atoms with van der Waals surface area (Å²) in [5, 5.41) is 0. The molecule has 4 rings (SSSR count). The van der Waals surface area contributed by atoms with Crippen LogP contribution in [0.25, 0.3) is 0 Å². The fraction of sp³-hybridized carbons (Fsp3) is 1.00. The Labute approximate surface area is 105 Å². The van der Waals surface area contributed by atoms with Gasteiger partial charge in [0.1, 0.15) is 0 Å². The first kappa shape index (κ1) is 12.0. The number of hydrogen-bond acceptors (Lipinski definition) is 3. The fourth-order valence-electron chi connectivity index (χ4n) is 4.36. The molecule has 4 fully saturated rings. The molecule has 3 nitrogen and oxygen atoms in total. The summed E-state index contributed by atoms with van der Waals surface area (Å²) in [5.74, 6) is 1.50. The number of nitrogens with two attached hydrogens (primary N) is 1. The van der Waals surface area contributed by atoms with Gasteiger partial charge in [-0.25, -0.2) is 0 Å². The summed E-state index contributed by atoms with van der Waals surface area (Å²) in [4.78, 5) is 0. The normalized spacial score (nSPS) is 46.6. The monoisotopic (exact) mass is 237 g/mol. The third-order valence-corrected chi connectivity index (χ3v) is 5.65. The predicted molar refractivity (Wildman–Crippen MR) is 68.6 cm³/mol. The molecular formula is C13H24BNO2. The van der Waals surface area contributed by atoms with Crippen molar-refractivity contribution in [1.82, 2.24) is 0 Å². The van der Waals surface area contributed by atoms with Gasteiger partial charge in [0.15, 0.2) is 0 Å². The minimum absolute atomic E-state index is 0.0105. The van der Waals surface area contributed by atoms with E-state index in [1.807, 2.05) is 0 Å². The van der Waals surface area contributed by atoms with Gasteiger partial charge >= 0.3 is 7.12 Å². The Morgan fingerprint density at radius 1 is 1.29 bits per heavy atom. The van der Waals surface area contributed by atoms with Crippen molar-refractivity contribution in [3.05, 3.63) is 0 Å². The van der Waals surface area contributed by atoms with Crippen LogP contribution in [0.4, 0.5) is 0 Å². The quantitative estimate of drug-likeness (QED) is 0.764. The molecule has 0 aromatic rings. The van der Waals surface area contributed by atoms with E-state index in [0.717, 1.165) is 25.2 Å². The largest absolute Gasteiger partial charge is 0.457 e. The van der Waals surface area contributed by atoms with Crippen LogP contribution >= 0.6 is 0 Å². The van der Waals surface area contributed by atoms with Gasteiger partial charge in [-0.2, -0.15) is 0 Å². The highest BCUT2D eigenvalue weighted by molar-refractivity contribution is 6.45. The molecule has 1 heterocycles. The fourth-order valence-corrected chi connectivity index (χ4v) is 4.36. The highest BCUT2D eigenvalue weighted by atomic mass is 16.7. The molecule has 0 aromatic heterocycles. The molecule has 3 aliphatic carbocycles. The third kappa shape index (κ3) is 1.53. The Kier molecular flexibility index (Phi) is 2.63. The minimum Gasteiger partial charge on any atom is -0.405 e. The molecule has 96 valence electrons. The van der Waals surface area contributed by atoms with Gasteiger partial charge in [-0.1, -0.05) is 13.8 Å². The summed E-state index contributed by atoms with van der Waals surface area (Å²) in [6.07, 6.45) is 4.76. The lowest BCUT2D eigenvalue weighted by Crippen LogP contribution is -2.65. The van der Waals surface area contributed by atoms with Crippen molar-refractivity contribution in [3.63, 3.8) is 0 Å². The SMILES string of the molecule is CC1(C)[C@@H]2C[C@H]3OB(CCCN)O[C@@]3(C)[C@H]1C2. The number of rotatable bonds is 3. The van der Waals surface area contributed by atoms with Crippen LogP contribution in [-0.4, -0.2) is 25.4 Å². The molecule has 2 bridgehead atoms. The van der Waals surface area contributed by atoms with Crippen LogP contribution in [0.3, 0.4) is 0 Å².